The number of nitrogens with zero attached hydrogens (tertiary/aromatic N) is 2. The smallest absolute Gasteiger partial charge is 0.192 e. The standard InChI is InChI=1S/C17H19N3O/c1-3-8-20-16(11-19-17(20)18)14-5-4-13-10-15(21-2)7-6-12(13)9-14/h3-7,9-10,16H,1,8,11H2,2H3,(H2,18,19). The molecule has 1 atom stereocenters. The summed E-state index contributed by atoms with van der Waals surface area (Å²) in [5, 5.41) is 2.36. The highest BCUT2D eigenvalue weighted by molar-refractivity contribution is 5.85. The van der Waals surface area contributed by atoms with Crippen molar-refractivity contribution in [3.8, 4) is 5.75 Å². The average Bonchev–Trinajstić information content (AvgIpc) is 2.88. The van der Waals surface area contributed by atoms with Gasteiger partial charge in [0.1, 0.15) is 5.75 Å². The van der Waals surface area contributed by atoms with Gasteiger partial charge in [0.15, 0.2) is 5.96 Å². The first-order valence-electron chi connectivity index (χ1n) is 6.98. The van der Waals surface area contributed by atoms with E-state index in [0.29, 0.717) is 19.0 Å². The van der Waals surface area contributed by atoms with E-state index in [1.54, 1.807) is 7.11 Å². The van der Waals surface area contributed by atoms with Crippen molar-refractivity contribution in [2.45, 2.75) is 6.04 Å². The van der Waals surface area contributed by atoms with E-state index in [1.807, 2.05) is 18.2 Å². The molecule has 1 aliphatic rings. The van der Waals surface area contributed by atoms with E-state index in [1.165, 1.54) is 16.3 Å². The van der Waals surface area contributed by atoms with Crippen molar-refractivity contribution < 1.29 is 4.74 Å². The molecule has 0 aromatic heterocycles. The van der Waals surface area contributed by atoms with E-state index in [2.05, 4.69) is 40.7 Å². The summed E-state index contributed by atoms with van der Waals surface area (Å²) in [6, 6.07) is 12.7. The first kappa shape index (κ1) is 13.5. The van der Waals surface area contributed by atoms with E-state index in [9.17, 15) is 0 Å². The molecular formula is C17H19N3O. The predicted molar refractivity (Wildman–Crippen MR) is 86.6 cm³/mol. The van der Waals surface area contributed by atoms with Crippen molar-refractivity contribution >= 4 is 16.7 Å². The number of benzene rings is 2. The van der Waals surface area contributed by atoms with Gasteiger partial charge in [-0.2, -0.15) is 0 Å². The summed E-state index contributed by atoms with van der Waals surface area (Å²) >= 11 is 0. The molecule has 0 aliphatic carbocycles. The summed E-state index contributed by atoms with van der Waals surface area (Å²) in [5.74, 6) is 1.46. The van der Waals surface area contributed by atoms with Gasteiger partial charge in [0, 0.05) is 6.54 Å². The van der Waals surface area contributed by atoms with Crippen LogP contribution >= 0.6 is 0 Å². The summed E-state index contributed by atoms with van der Waals surface area (Å²) in [6.45, 7) is 5.19. The number of fused-ring (bicyclic) bond motifs is 1. The Morgan fingerprint density at radius 3 is 2.86 bits per heavy atom. The lowest BCUT2D eigenvalue weighted by Gasteiger charge is -2.25. The quantitative estimate of drug-likeness (QED) is 0.877. The molecule has 2 N–H and O–H groups in total. The van der Waals surface area contributed by atoms with Crippen molar-refractivity contribution in [1.82, 2.24) is 4.90 Å². The highest BCUT2D eigenvalue weighted by Crippen LogP contribution is 2.29. The van der Waals surface area contributed by atoms with Crippen LogP contribution in [0.4, 0.5) is 0 Å². The molecule has 4 nitrogen and oxygen atoms in total. The number of methoxy groups -OCH3 is 1. The van der Waals surface area contributed by atoms with Crippen molar-refractivity contribution in [1.29, 1.82) is 0 Å². The molecule has 1 aliphatic heterocycles. The minimum Gasteiger partial charge on any atom is -0.497 e. The molecule has 0 saturated heterocycles. The molecule has 0 bridgehead atoms. The Hall–Kier alpha value is -2.49. The second-order valence-electron chi connectivity index (χ2n) is 5.13. The van der Waals surface area contributed by atoms with Crippen molar-refractivity contribution in [2.75, 3.05) is 20.2 Å². The first-order valence-corrected chi connectivity index (χ1v) is 6.98. The van der Waals surface area contributed by atoms with Crippen LogP contribution in [0.2, 0.25) is 0 Å². The first-order chi connectivity index (χ1) is 10.2. The molecule has 0 saturated carbocycles. The van der Waals surface area contributed by atoms with E-state index < -0.39 is 0 Å². The molecule has 0 spiro atoms. The van der Waals surface area contributed by atoms with Crippen LogP contribution in [0.15, 0.2) is 54.0 Å². The molecule has 0 amide bonds. The molecule has 1 unspecified atom stereocenters. The molecule has 21 heavy (non-hydrogen) atoms. The second kappa shape index (κ2) is 5.48. The molecule has 0 fully saturated rings. The van der Waals surface area contributed by atoms with Gasteiger partial charge < -0.3 is 15.4 Å². The van der Waals surface area contributed by atoms with Gasteiger partial charge in [0.25, 0.3) is 0 Å². The van der Waals surface area contributed by atoms with E-state index >= 15 is 0 Å². The lowest BCUT2D eigenvalue weighted by Crippen LogP contribution is -2.36. The zero-order valence-corrected chi connectivity index (χ0v) is 12.1. The summed E-state index contributed by atoms with van der Waals surface area (Å²) in [7, 11) is 1.68. The fourth-order valence-electron chi connectivity index (χ4n) is 2.75. The molecule has 4 heteroatoms. The highest BCUT2D eigenvalue weighted by atomic mass is 16.5. The van der Waals surface area contributed by atoms with Gasteiger partial charge in [-0.15, -0.1) is 6.58 Å². The molecular weight excluding hydrogens is 262 g/mol. The van der Waals surface area contributed by atoms with Gasteiger partial charge in [-0.25, -0.2) is 0 Å². The number of hydrogen-bond donors (Lipinski definition) is 1. The van der Waals surface area contributed by atoms with Gasteiger partial charge >= 0.3 is 0 Å². The zero-order valence-electron chi connectivity index (χ0n) is 12.1. The number of aliphatic imine (C=N–C) groups is 1. The van der Waals surface area contributed by atoms with Crippen LogP contribution in [-0.4, -0.2) is 31.1 Å². The van der Waals surface area contributed by atoms with E-state index in [4.69, 9.17) is 10.5 Å². The average molecular weight is 281 g/mol. The fraction of sp³-hybridized carbons (Fsp3) is 0.235. The van der Waals surface area contributed by atoms with Crippen molar-refractivity contribution in [3.63, 3.8) is 0 Å². The third-order valence-electron chi connectivity index (χ3n) is 3.88. The Kier molecular flexibility index (Phi) is 3.52. The molecule has 108 valence electrons. The minimum atomic E-state index is 0.189. The van der Waals surface area contributed by atoms with Crippen LogP contribution in [0.3, 0.4) is 0 Å². The molecule has 2 aromatic carbocycles. The zero-order chi connectivity index (χ0) is 14.8. The topological polar surface area (TPSA) is 50.8 Å². The predicted octanol–water partition coefficient (Wildman–Crippen LogP) is 2.71. The number of guanidine groups is 1. The van der Waals surface area contributed by atoms with Crippen LogP contribution in [0.1, 0.15) is 11.6 Å². The van der Waals surface area contributed by atoms with Crippen molar-refractivity contribution in [2.24, 2.45) is 10.7 Å². The molecule has 2 aromatic rings. The monoisotopic (exact) mass is 281 g/mol. The van der Waals surface area contributed by atoms with Gasteiger partial charge in [-0.3, -0.25) is 4.99 Å². The van der Waals surface area contributed by atoms with E-state index in [-0.39, 0.29) is 6.04 Å². The Morgan fingerprint density at radius 1 is 1.33 bits per heavy atom. The van der Waals surface area contributed by atoms with Gasteiger partial charge in [0.2, 0.25) is 0 Å². The molecule has 3 rings (SSSR count). The Morgan fingerprint density at radius 2 is 2.10 bits per heavy atom. The fourth-order valence-corrected chi connectivity index (χ4v) is 2.75. The maximum absolute atomic E-state index is 5.95. The largest absolute Gasteiger partial charge is 0.497 e. The maximum atomic E-state index is 5.95. The molecule has 0 radical (unpaired) electrons. The lowest BCUT2D eigenvalue weighted by molar-refractivity contribution is 0.380. The van der Waals surface area contributed by atoms with E-state index in [0.717, 1.165) is 5.75 Å². The maximum Gasteiger partial charge on any atom is 0.192 e. The number of ether oxygens (including phenoxy) is 1. The van der Waals surface area contributed by atoms with Gasteiger partial charge in [-0.05, 0) is 34.5 Å². The Balaban J connectivity index is 1.96. The number of hydrogen-bond acceptors (Lipinski definition) is 4. The van der Waals surface area contributed by atoms with Gasteiger partial charge in [0.05, 0.1) is 19.7 Å². The van der Waals surface area contributed by atoms with Crippen LogP contribution in [0.5, 0.6) is 5.75 Å². The lowest BCUT2D eigenvalue weighted by atomic mass is 10.0. The third kappa shape index (κ3) is 2.44. The van der Waals surface area contributed by atoms with Crippen LogP contribution in [0, 0.1) is 0 Å². The number of rotatable bonds is 4. The summed E-state index contributed by atoms with van der Waals surface area (Å²) < 4.78 is 5.26. The summed E-state index contributed by atoms with van der Waals surface area (Å²) in [6.07, 6.45) is 1.85. The van der Waals surface area contributed by atoms with Gasteiger partial charge in [-0.1, -0.05) is 24.3 Å². The Bertz CT molecular complexity index is 708. The van der Waals surface area contributed by atoms with Crippen LogP contribution in [-0.2, 0) is 0 Å². The summed E-state index contributed by atoms with van der Waals surface area (Å²) in [4.78, 5) is 6.44. The molecule has 1 heterocycles. The highest BCUT2D eigenvalue weighted by Gasteiger charge is 2.26. The number of nitrogens with two attached hydrogens (primary N) is 1. The minimum absolute atomic E-state index is 0.189. The Labute approximate surface area is 124 Å². The van der Waals surface area contributed by atoms with Crippen LogP contribution < -0.4 is 10.5 Å². The van der Waals surface area contributed by atoms with Crippen LogP contribution in [0.25, 0.3) is 10.8 Å². The summed E-state index contributed by atoms with van der Waals surface area (Å²) in [5.41, 5.74) is 7.18. The second-order valence-corrected chi connectivity index (χ2v) is 5.13. The normalized spacial score (nSPS) is 17.9. The third-order valence-corrected chi connectivity index (χ3v) is 3.88. The SMILES string of the molecule is C=CCN1C(N)=NCC1c1ccc2cc(OC)ccc2c1. The van der Waals surface area contributed by atoms with Crippen molar-refractivity contribution in [3.05, 3.63) is 54.6 Å².